The average Bonchev–Trinajstić information content (AvgIpc) is 2.79. The minimum Gasteiger partial charge on any atom is -0.356 e. The Kier molecular flexibility index (Phi) is 10.9. The summed E-state index contributed by atoms with van der Waals surface area (Å²) in [5.74, 6) is 0.584. The number of aliphatic imine (C=N–C) groups is 1. The second-order valence-electron chi connectivity index (χ2n) is 5.69. The summed E-state index contributed by atoms with van der Waals surface area (Å²) in [5.41, 5.74) is 2.10. The van der Waals surface area contributed by atoms with Crippen molar-refractivity contribution in [2.45, 2.75) is 27.2 Å². The van der Waals surface area contributed by atoms with Gasteiger partial charge in [0.05, 0.1) is 10.7 Å². The summed E-state index contributed by atoms with van der Waals surface area (Å²) in [4.78, 5) is 23.3. The normalized spacial score (nSPS) is 10.8. The Bertz CT molecular complexity index is 564. The SMILES string of the molecule is C=C(C)CNC(=NCC(=O)N(C)C)NCCc1nc(C)c(C)s1.I. The van der Waals surface area contributed by atoms with Gasteiger partial charge >= 0.3 is 0 Å². The Morgan fingerprint density at radius 2 is 2.00 bits per heavy atom. The van der Waals surface area contributed by atoms with Gasteiger partial charge in [-0.1, -0.05) is 12.2 Å². The Balaban J connectivity index is 0.00000529. The number of hydrogen-bond donors (Lipinski definition) is 2. The van der Waals surface area contributed by atoms with Gasteiger partial charge in [-0.3, -0.25) is 4.79 Å². The number of nitrogens with one attached hydrogen (secondary N) is 2. The molecular weight excluding hydrogens is 437 g/mol. The molecule has 0 aliphatic carbocycles. The number of carbonyl (C=O) groups excluding carboxylic acids is 1. The minimum absolute atomic E-state index is 0. The first-order valence-electron chi connectivity index (χ1n) is 7.59. The third kappa shape index (κ3) is 8.62. The highest BCUT2D eigenvalue weighted by Gasteiger charge is 2.06. The molecule has 0 spiro atoms. The summed E-state index contributed by atoms with van der Waals surface area (Å²) < 4.78 is 0. The maximum absolute atomic E-state index is 11.7. The number of aryl methyl sites for hydroxylation is 2. The number of hydrogen-bond acceptors (Lipinski definition) is 4. The van der Waals surface area contributed by atoms with E-state index in [0.29, 0.717) is 19.0 Å². The van der Waals surface area contributed by atoms with Crippen LogP contribution in [-0.4, -0.2) is 55.5 Å². The van der Waals surface area contributed by atoms with Crippen molar-refractivity contribution in [3.05, 3.63) is 27.7 Å². The van der Waals surface area contributed by atoms with E-state index in [9.17, 15) is 4.79 Å². The van der Waals surface area contributed by atoms with Crippen LogP contribution in [0.5, 0.6) is 0 Å². The molecule has 0 bridgehead atoms. The molecule has 0 unspecified atom stereocenters. The molecular formula is C16H28IN5OS. The highest BCUT2D eigenvalue weighted by atomic mass is 127. The highest BCUT2D eigenvalue weighted by Crippen LogP contribution is 2.16. The average molecular weight is 465 g/mol. The molecule has 1 heterocycles. The molecule has 0 fully saturated rings. The molecule has 0 aliphatic rings. The molecule has 0 saturated heterocycles. The predicted molar refractivity (Wildman–Crippen MR) is 113 cm³/mol. The van der Waals surface area contributed by atoms with Gasteiger partial charge in [0.2, 0.25) is 5.91 Å². The molecule has 0 atom stereocenters. The second-order valence-corrected chi connectivity index (χ2v) is 6.98. The maximum Gasteiger partial charge on any atom is 0.243 e. The predicted octanol–water partition coefficient (Wildman–Crippen LogP) is 2.12. The van der Waals surface area contributed by atoms with Gasteiger partial charge in [0, 0.05) is 38.5 Å². The zero-order valence-electron chi connectivity index (χ0n) is 15.1. The summed E-state index contributed by atoms with van der Waals surface area (Å²) in [6.45, 7) is 11.4. The van der Waals surface area contributed by atoms with Crippen LogP contribution < -0.4 is 10.6 Å². The lowest BCUT2D eigenvalue weighted by Gasteiger charge is -2.13. The van der Waals surface area contributed by atoms with Gasteiger partial charge in [-0.2, -0.15) is 0 Å². The van der Waals surface area contributed by atoms with Gasteiger partial charge in [0.15, 0.2) is 5.96 Å². The maximum atomic E-state index is 11.7. The van der Waals surface area contributed by atoms with Crippen LogP contribution in [0.15, 0.2) is 17.1 Å². The number of guanidine groups is 1. The first-order chi connectivity index (χ1) is 10.8. The lowest BCUT2D eigenvalue weighted by atomic mass is 10.3. The van der Waals surface area contributed by atoms with Crippen LogP contribution in [0.4, 0.5) is 0 Å². The number of thiazole rings is 1. The molecule has 1 amide bonds. The molecule has 1 aromatic rings. The lowest BCUT2D eigenvalue weighted by Crippen LogP contribution is -2.40. The fraction of sp³-hybridized carbons (Fsp3) is 0.562. The lowest BCUT2D eigenvalue weighted by molar-refractivity contribution is -0.127. The van der Waals surface area contributed by atoms with Crippen LogP contribution in [0.25, 0.3) is 0 Å². The third-order valence-electron chi connectivity index (χ3n) is 3.13. The van der Waals surface area contributed by atoms with E-state index in [1.807, 2.05) is 13.8 Å². The van der Waals surface area contributed by atoms with Crippen molar-refractivity contribution in [2.75, 3.05) is 33.7 Å². The van der Waals surface area contributed by atoms with Gasteiger partial charge in [-0.25, -0.2) is 9.98 Å². The van der Waals surface area contributed by atoms with Gasteiger partial charge in [-0.15, -0.1) is 35.3 Å². The van der Waals surface area contributed by atoms with E-state index in [4.69, 9.17) is 0 Å². The zero-order chi connectivity index (χ0) is 17.4. The van der Waals surface area contributed by atoms with Crippen molar-refractivity contribution in [3.63, 3.8) is 0 Å². The standard InChI is InChI=1S/C16H27N5OS.HI/c1-11(2)9-18-16(19-10-15(22)21(5)6)17-8-7-14-20-12(3)13(4)23-14;/h1,7-10H2,2-6H3,(H2,17,18,19);1H. The molecule has 24 heavy (non-hydrogen) atoms. The monoisotopic (exact) mass is 465 g/mol. The first-order valence-corrected chi connectivity index (χ1v) is 8.41. The summed E-state index contributed by atoms with van der Waals surface area (Å²) in [5, 5.41) is 7.52. The topological polar surface area (TPSA) is 69.6 Å². The highest BCUT2D eigenvalue weighted by molar-refractivity contribution is 14.0. The number of likely N-dealkylation sites (N-methyl/N-ethyl adjacent to an activating group) is 1. The third-order valence-corrected chi connectivity index (χ3v) is 4.27. The van der Waals surface area contributed by atoms with Gasteiger partial charge in [-0.05, 0) is 20.8 Å². The van der Waals surface area contributed by atoms with Crippen molar-refractivity contribution < 1.29 is 4.79 Å². The molecule has 2 N–H and O–H groups in total. The van der Waals surface area contributed by atoms with Crippen LogP contribution in [0.2, 0.25) is 0 Å². The van der Waals surface area contributed by atoms with Crippen molar-refractivity contribution in [2.24, 2.45) is 4.99 Å². The van der Waals surface area contributed by atoms with E-state index in [1.54, 1.807) is 25.4 Å². The Labute approximate surface area is 165 Å². The quantitative estimate of drug-likeness (QED) is 0.280. The number of carbonyl (C=O) groups is 1. The Hall–Kier alpha value is -1.16. The molecule has 1 aromatic heterocycles. The molecule has 136 valence electrons. The summed E-state index contributed by atoms with van der Waals surface area (Å²) >= 11 is 1.72. The van der Waals surface area contributed by atoms with Gasteiger partial charge in [0.25, 0.3) is 0 Å². The molecule has 0 saturated carbocycles. The Morgan fingerprint density at radius 3 is 2.50 bits per heavy atom. The molecule has 1 rings (SSSR count). The van der Waals surface area contributed by atoms with Crippen LogP contribution in [-0.2, 0) is 11.2 Å². The van der Waals surface area contributed by atoms with Crippen LogP contribution >= 0.6 is 35.3 Å². The number of rotatable bonds is 7. The van der Waals surface area contributed by atoms with Crippen LogP contribution in [0.1, 0.15) is 22.5 Å². The molecule has 0 aliphatic heterocycles. The van der Waals surface area contributed by atoms with Gasteiger partial charge < -0.3 is 15.5 Å². The smallest absolute Gasteiger partial charge is 0.243 e. The van der Waals surface area contributed by atoms with E-state index in [0.717, 1.165) is 22.7 Å². The minimum atomic E-state index is -0.0346. The zero-order valence-corrected chi connectivity index (χ0v) is 18.2. The van der Waals surface area contributed by atoms with E-state index in [2.05, 4.69) is 34.1 Å². The van der Waals surface area contributed by atoms with Crippen molar-refractivity contribution in [1.82, 2.24) is 20.5 Å². The van der Waals surface area contributed by atoms with Crippen molar-refractivity contribution in [3.8, 4) is 0 Å². The molecule has 6 nitrogen and oxygen atoms in total. The molecule has 0 aromatic carbocycles. The van der Waals surface area contributed by atoms with Crippen LogP contribution in [0, 0.1) is 13.8 Å². The van der Waals surface area contributed by atoms with Gasteiger partial charge in [0.1, 0.15) is 6.54 Å². The second kappa shape index (κ2) is 11.4. The van der Waals surface area contributed by atoms with E-state index in [1.165, 1.54) is 9.78 Å². The van der Waals surface area contributed by atoms with E-state index >= 15 is 0 Å². The number of amides is 1. The van der Waals surface area contributed by atoms with E-state index in [-0.39, 0.29) is 36.4 Å². The van der Waals surface area contributed by atoms with Crippen molar-refractivity contribution in [1.29, 1.82) is 0 Å². The fourth-order valence-electron chi connectivity index (χ4n) is 1.63. The van der Waals surface area contributed by atoms with E-state index < -0.39 is 0 Å². The largest absolute Gasteiger partial charge is 0.356 e. The number of aromatic nitrogens is 1. The summed E-state index contributed by atoms with van der Waals surface area (Å²) in [7, 11) is 3.44. The van der Waals surface area contributed by atoms with Crippen molar-refractivity contribution >= 4 is 47.2 Å². The summed E-state index contributed by atoms with van der Waals surface area (Å²) in [6, 6.07) is 0. The Morgan fingerprint density at radius 1 is 1.33 bits per heavy atom. The summed E-state index contributed by atoms with van der Waals surface area (Å²) in [6.07, 6.45) is 0.828. The fourth-order valence-corrected chi connectivity index (χ4v) is 2.56. The molecule has 0 radical (unpaired) electrons. The number of halogens is 1. The number of nitrogens with zero attached hydrogens (tertiary/aromatic N) is 3. The molecule has 8 heteroatoms. The first kappa shape index (κ1) is 22.8. The van der Waals surface area contributed by atoms with Crippen LogP contribution in [0.3, 0.4) is 0 Å².